The van der Waals surface area contributed by atoms with E-state index in [1.165, 1.54) is 0 Å². The standard InChI is InChI=1S/C24H24O4S/c1-17-9-15-22(16-10-17)29(26,27)24(18(2)19-7-5-4-6-8-19)23(25)20-11-13-21(28-3)14-12-20/h4-16,23,25H,1-3H3/b24-18-. The van der Waals surface area contributed by atoms with Crippen LogP contribution in [-0.4, -0.2) is 20.6 Å². The van der Waals surface area contributed by atoms with Gasteiger partial charge in [0.15, 0.2) is 0 Å². The zero-order chi connectivity index (χ0) is 21.0. The van der Waals surface area contributed by atoms with Gasteiger partial charge in [-0.1, -0.05) is 60.2 Å². The van der Waals surface area contributed by atoms with Crippen LogP contribution in [0, 0.1) is 6.92 Å². The molecule has 0 saturated carbocycles. The lowest BCUT2D eigenvalue weighted by Crippen LogP contribution is -2.15. The molecular formula is C24H24O4S. The molecule has 0 heterocycles. The maximum Gasteiger partial charge on any atom is 0.205 e. The van der Waals surface area contributed by atoms with Gasteiger partial charge in [-0.15, -0.1) is 0 Å². The quantitative estimate of drug-likeness (QED) is 0.627. The average Bonchev–Trinajstić information content (AvgIpc) is 2.74. The second-order valence-electron chi connectivity index (χ2n) is 6.85. The van der Waals surface area contributed by atoms with Gasteiger partial charge in [0.25, 0.3) is 0 Å². The Kier molecular flexibility index (Phi) is 6.20. The highest BCUT2D eigenvalue weighted by Crippen LogP contribution is 2.37. The first-order valence-electron chi connectivity index (χ1n) is 9.24. The van der Waals surface area contributed by atoms with E-state index in [0.717, 1.165) is 11.1 Å². The third-order valence-electron chi connectivity index (χ3n) is 4.88. The molecule has 150 valence electrons. The lowest BCUT2D eigenvalue weighted by molar-refractivity contribution is 0.223. The number of hydrogen-bond acceptors (Lipinski definition) is 4. The van der Waals surface area contributed by atoms with Crippen molar-refractivity contribution in [2.75, 3.05) is 7.11 Å². The highest BCUT2D eigenvalue weighted by molar-refractivity contribution is 7.95. The van der Waals surface area contributed by atoms with Gasteiger partial charge in [-0.2, -0.15) is 0 Å². The SMILES string of the molecule is COc1ccc(C(O)/C(=C(\C)c2ccccc2)S(=O)(=O)c2ccc(C)cc2)cc1. The van der Waals surface area contributed by atoms with E-state index in [-0.39, 0.29) is 9.80 Å². The van der Waals surface area contributed by atoms with Crippen molar-refractivity contribution >= 4 is 15.4 Å². The molecule has 0 radical (unpaired) electrons. The molecule has 0 aliphatic rings. The van der Waals surface area contributed by atoms with E-state index in [4.69, 9.17) is 4.74 Å². The third kappa shape index (κ3) is 4.42. The van der Waals surface area contributed by atoms with Crippen molar-refractivity contribution in [1.29, 1.82) is 0 Å². The van der Waals surface area contributed by atoms with Crippen LogP contribution in [0.3, 0.4) is 0 Å². The van der Waals surface area contributed by atoms with Gasteiger partial charge in [0.05, 0.1) is 16.9 Å². The van der Waals surface area contributed by atoms with E-state index >= 15 is 0 Å². The van der Waals surface area contributed by atoms with Gasteiger partial charge in [0, 0.05) is 0 Å². The maximum absolute atomic E-state index is 13.6. The predicted octanol–water partition coefficient (Wildman–Crippen LogP) is 4.94. The summed E-state index contributed by atoms with van der Waals surface area (Å²) in [6.45, 7) is 3.62. The zero-order valence-electron chi connectivity index (χ0n) is 16.7. The van der Waals surface area contributed by atoms with Gasteiger partial charge in [-0.3, -0.25) is 0 Å². The fraction of sp³-hybridized carbons (Fsp3) is 0.167. The number of benzene rings is 3. The highest BCUT2D eigenvalue weighted by atomic mass is 32.2. The number of aryl methyl sites for hydroxylation is 1. The molecule has 5 heteroatoms. The van der Waals surface area contributed by atoms with Crippen LogP contribution in [0.5, 0.6) is 5.75 Å². The van der Waals surface area contributed by atoms with Crippen LogP contribution in [0.25, 0.3) is 5.57 Å². The summed E-state index contributed by atoms with van der Waals surface area (Å²) < 4.78 is 32.3. The number of sulfone groups is 1. The third-order valence-corrected chi connectivity index (χ3v) is 6.88. The van der Waals surface area contributed by atoms with Gasteiger partial charge in [0.2, 0.25) is 9.84 Å². The van der Waals surface area contributed by atoms with Crippen LogP contribution in [0.2, 0.25) is 0 Å². The Hall–Kier alpha value is -2.89. The van der Waals surface area contributed by atoms with Crippen LogP contribution in [0.15, 0.2) is 88.7 Å². The van der Waals surface area contributed by atoms with Crippen LogP contribution in [0.1, 0.15) is 29.7 Å². The first-order chi connectivity index (χ1) is 13.8. The molecule has 4 nitrogen and oxygen atoms in total. The van der Waals surface area contributed by atoms with Gasteiger partial charge in [0.1, 0.15) is 11.9 Å². The molecular weight excluding hydrogens is 384 g/mol. The largest absolute Gasteiger partial charge is 0.497 e. The predicted molar refractivity (Wildman–Crippen MR) is 115 cm³/mol. The van der Waals surface area contributed by atoms with E-state index in [1.807, 2.05) is 37.3 Å². The Morgan fingerprint density at radius 1 is 0.897 bits per heavy atom. The Labute approximate surface area is 172 Å². The summed E-state index contributed by atoms with van der Waals surface area (Å²) in [5.41, 5.74) is 2.69. The summed E-state index contributed by atoms with van der Waals surface area (Å²) in [4.78, 5) is 0.124. The summed E-state index contributed by atoms with van der Waals surface area (Å²) in [6, 6.07) is 22.6. The first-order valence-corrected chi connectivity index (χ1v) is 10.7. The first kappa shape index (κ1) is 20.8. The number of methoxy groups -OCH3 is 1. The van der Waals surface area contributed by atoms with Crippen molar-refractivity contribution in [3.8, 4) is 5.75 Å². The number of aliphatic hydroxyl groups excluding tert-OH is 1. The van der Waals surface area contributed by atoms with Gasteiger partial charge < -0.3 is 9.84 Å². The topological polar surface area (TPSA) is 63.6 Å². The Morgan fingerprint density at radius 3 is 2.03 bits per heavy atom. The van der Waals surface area contributed by atoms with E-state index in [2.05, 4.69) is 0 Å². The molecule has 0 amide bonds. The molecule has 3 aromatic rings. The van der Waals surface area contributed by atoms with Crippen molar-refractivity contribution in [2.45, 2.75) is 24.8 Å². The minimum atomic E-state index is -3.93. The van der Waals surface area contributed by atoms with Gasteiger partial charge >= 0.3 is 0 Å². The monoisotopic (exact) mass is 408 g/mol. The summed E-state index contributed by atoms with van der Waals surface area (Å²) in [5.74, 6) is 0.632. The molecule has 0 saturated heterocycles. The van der Waals surface area contributed by atoms with Crippen molar-refractivity contribution in [2.24, 2.45) is 0 Å². The van der Waals surface area contributed by atoms with Crippen molar-refractivity contribution < 1.29 is 18.3 Å². The van der Waals surface area contributed by atoms with Gasteiger partial charge in [-0.05, 0) is 54.8 Å². The van der Waals surface area contributed by atoms with Crippen LogP contribution in [-0.2, 0) is 9.84 Å². The smallest absolute Gasteiger partial charge is 0.205 e. The summed E-state index contributed by atoms with van der Waals surface area (Å²) >= 11 is 0. The molecule has 1 N–H and O–H groups in total. The zero-order valence-corrected chi connectivity index (χ0v) is 17.5. The maximum atomic E-state index is 13.6. The van der Waals surface area contributed by atoms with Crippen molar-refractivity contribution in [3.05, 3.63) is 100 Å². The second kappa shape index (κ2) is 8.64. The normalized spacial score (nSPS) is 13.5. The number of allylic oxidation sites excluding steroid dienone is 1. The molecule has 0 spiro atoms. The Bertz CT molecular complexity index is 1100. The summed E-state index contributed by atoms with van der Waals surface area (Å²) in [6.07, 6.45) is -1.31. The molecule has 0 aliphatic carbocycles. The molecule has 3 aromatic carbocycles. The second-order valence-corrected chi connectivity index (χ2v) is 8.77. The van der Waals surface area contributed by atoms with Gasteiger partial charge in [-0.25, -0.2) is 8.42 Å². The summed E-state index contributed by atoms with van der Waals surface area (Å²) in [5, 5.41) is 11.1. The van der Waals surface area contributed by atoms with E-state index in [1.54, 1.807) is 62.6 Å². The number of hydrogen-bond donors (Lipinski definition) is 1. The van der Waals surface area contributed by atoms with E-state index < -0.39 is 15.9 Å². The fourth-order valence-electron chi connectivity index (χ4n) is 3.17. The van der Waals surface area contributed by atoms with E-state index in [0.29, 0.717) is 16.9 Å². The molecule has 1 atom stereocenters. The molecule has 1 unspecified atom stereocenters. The Morgan fingerprint density at radius 2 is 1.48 bits per heavy atom. The average molecular weight is 409 g/mol. The molecule has 29 heavy (non-hydrogen) atoms. The fourth-order valence-corrected chi connectivity index (χ4v) is 4.87. The lowest BCUT2D eigenvalue weighted by Gasteiger charge is -2.20. The Balaban J connectivity index is 2.20. The minimum absolute atomic E-state index is 0.0299. The molecule has 0 aliphatic heterocycles. The van der Waals surface area contributed by atoms with Crippen molar-refractivity contribution in [3.63, 3.8) is 0 Å². The number of rotatable bonds is 6. The molecule has 3 rings (SSSR count). The summed E-state index contributed by atoms with van der Waals surface area (Å²) in [7, 11) is -2.38. The number of ether oxygens (including phenoxy) is 1. The number of aliphatic hydroxyl groups is 1. The van der Waals surface area contributed by atoms with Crippen LogP contribution < -0.4 is 4.74 Å². The molecule has 0 aromatic heterocycles. The molecule has 0 bridgehead atoms. The van der Waals surface area contributed by atoms with Crippen molar-refractivity contribution in [1.82, 2.24) is 0 Å². The van der Waals surface area contributed by atoms with E-state index in [9.17, 15) is 13.5 Å². The highest BCUT2D eigenvalue weighted by Gasteiger charge is 2.30. The molecule has 0 fully saturated rings. The van der Waals surface area contributed by atoms with Crippen LogP contribution >= 0.6 is 0 Å². The van der Waals surface area contributed by atoms with Crippen LogP contribution in [0.4, 0.5) is 0 Å². The lowest BCUT2D eigenvalue weighted by atomic mass is 10.0. The minimum Gasteiger partial charge on any atom is -0.497 e.